The zero-order valence-corrected chi connectivity index (χ0v) is 15.8. The number of nitrogens with zero attached hydrogens (tertiary/aromatic N) is 4. The number of aromatic nitrogens is 4. The van der Waals surface area contributed by atoms with Gasteiger partial charge in [-0.3, -0.25) is 9.48 Å². The molecule has 0 aliphatic heterocycles. The molecular formula is C18H23F3N6O. The standard InChI is InChI=1S/C18H23F3N6O/c1-17(15(28)23-11-18(19,20)21)6-3-12(4-7-17)14-5-8-22-16(26-14)25-13-9-24-27(2)10-13/h5,8-10,12H,3-4,6-7,11H2,1-2H3,(H,23,28)(H,22,25,26). The van der Waals surface area contributed by atoms with Crippen LogP contribution in [0.5, 0.6) is 0 Å². The van der Waals surface area contributed by atoms with Gasteiger partial charge in [-0.2, -0.15) is 18.3 Å². The number of aryl methyl sites for hydroxylation is 1. The summed E-state index contributed by atoms with van der Waals surface area (Å²) < 4.78 is 38.7. The highest BCUT2D eigenvalue weighted by atomic mass is 19.4. The van der Waals surface area contributed by atoms with Crippen molar-refractivity contribution in [2.75, 3.05) is 11.9 Å². The molecular weight excluding hydrogens is 373 g/mol. The fourth-order valence-corrected chi connectivity index (χ4v) is 3.45. The summed E-state index contributed by atoms with van der Waals surface area (Å²) in [6, 6.07) is 1.84. The predicted octanol–water partition coefficient (Wildman–Crippen LogP) is 3.30. The molecule has 1 amide bonds. The molecule has 152 valence electrons. The zero-order valence-electron chi connectivity index (χ0n) is 15.8. The maximum atomic E-state index is 12.3. The quantitative estimate of drug-likeness (QED) is 0.810. The van der Waals surface area contributed by atoms with E-state index in [0.717, 1.165) is 11.4 Å². The zero-order chi connectivity index (χ0) is 20.4. The van der Waals surface area contributed by atoms with Crippen LogP contribution in [-0.4, -0.2) is 38.4 Å². The minimum absolute atomic E-state index is 0.140. The molecule has 1 fully saturated rings. The number of rotatable bonds is 5. The Morgan fingerprint density at radius 1 is 1.36 bits per heavy atom. The molecule has 1 aliphatic carbocycles. The van der Waals surface area contributed by atoms with E-state index in [-0.39, 0.29) is 5.92 Å². The van der Waals surface area contributed by atoms with Crippen molar-refractivity contribution in [1.82, 2.24) is 25.1 Å². The molecule has 1 saturated carbocycles. The average Bonchev–Trinajstić information content (AvgIpc) is 3.04. The van der Waals surface area contributed by atoms with E-state index >= 15 is 0 Å². The fraction of sp³-hybridized carbons (Fsp3) is 0.556. The van der Waals surface area contributed by atoms with Gasteiger partial charge in [-0.25, -0.2) is 9.97 Å². The van der Waals surface area contributed by atoms with Crippen LogP contribution in [0.1, 0.15) is 44.2 Å². The second-order valence-corrected chi connectivity index (χ2v) is 7.47. The molecule has 0 radical (unpaired) electrons. The first-order chi connectivity index (χ1) is 13.1. The molecule has 0 bridgehead atoms. The van der Waals surface area contributed by atoms with Gasteiger partial charge < -0.3 is 10.6 Å². The first-order valence-corrected chi connectivity index (χ1v) is 9.08. The van der Waals surface area contributed by atoms with Gasteiger partial charge in [0.15, 0.2) is 0 Å². The number of anilines is 2. The molecule has 2 aromatic rings. The molecule has 2 aromatic heterocycles. The topological polar surface area (TPSA) is 84.7 Å². The largest absolute Gasteiger partial charge is 0.405 e. The van der Waals surface area contributed by atoms with Crippen LogP contribution in [0.3, 0.4) is 0 Å². The molecule has 3 rings (SSSR count). The third-order valence-electron chi connectivity index (χ3n) is 5.14. The number of hydrogen-bond donors (Lipinski definition) is 2. The smallest absolute Gasteiger partial charge is 0.347 e. The second kappa shape index (κ2) is 7.76. The number of hydrogen-bond acceptors (Lipinski definition) is 5. The number of amides is 1. The van der Waals surface area contributed by atoms with Crippen LogP contribution in [0.4, 0.5) is 24.8 Å². The van der Waals surface area contributed by atoms with Crippen LogP contribution in [0.25, 0.3) is 0 Å². The van der Waals surface area contributed by atoms with Crippen molar-refractivity contribution >= 4 is 17.5 Å². The Balaban J connectivity index is 1.60. The van der Waals surface area contributed by atoms with Gasteiger partial charge in [-0.1, -0.05) is 6.92 Å². The van der Waals surface area contributed by atoms with Gasteiger partial charge in [0.2, 0.25) is 11.9 Å². The van der Waals surface area contributed by atoms with E-state index in [1.54, 1.807) is 24.0 Å². The van der Waals surface area contributed by atoms with Gasteiger partial charge >= 0.3 is 6.18 Å². The minimum atomic E-state index is -4.40. The van der Waals surface area contributed by atoms with Crippen LogP contribution >= 0.6 is 0 Å². The molecule has 0 atom stereocenters. The van der Waals surface area contributed by atoms with Crippen LogP contribution in [0.2, 0.25) is 0 Å². The van der Waals surface area contributed by atoms with E-state index in [9.17, 15) is 18.0 Å². The monoisotopic (exact) mass is 396 g/mol. The number of halogens is 3. The normalized spacial score (nSPS) is 22.7. The van der Waals surface area contributed by atoms with Crippen LogP contribution in [-0.2, 0) is 11.8 Å². The van der Waals surface area contributed by atoms with E-state index in [0.29, 0.717) is 31.6 Å². The highest BCUT2D eigenvalue weighted by Gasteiger charge is 2.39. The SMILES string of the molecule is Cn1cc(Nc2nccc(C3CCC(C)(C(=O)NCC(F)(F)F)CC3)n2)cn1. The first-order valence-electron chi connectivity index (χ1n) is 9.08. The maximum Gasteiger partial charge on any atom is 0.405 e. The Morgan fingerprint density at radius 3 is 2.68 bits per heavy atom. The molecule has 0 saturated heterocycles. The van der Waals surface area contributed by atoms with Gasteiger partial charge in [0, 0.05) is 36.5 Å². The Labute approximate surface area is 160 Å². The Bertz CT molecular complexity index is 827. The highest BCUT2D eigenvalue weighted by molar-refractivity contribution is 5.82. The molecule has 0 spiro atoms. The van der Waals surface area contributed by atoms with Gasteiger partial charge in [0.1, 0.15) is 6.54 Å². The summed E-state index contributed by atoms with van der Waals surface area (Å²) in [4.78, 5) is 21.0. The van der Waals surface area contributed by atoms with Crippen molar-refractivity contribution in [3.8, 4) is 0 Å². The Morgan fingerprint density at radius 2 is 2.07 bits per heavy atom. The second-order valence-electron chi connectivity index (χ2n) is 7.47. The summed E-state index contributed by atoms with van der Waals surface area (Å²) in [5.74, 6) is 0.0626. The molecule has 28 heavy (non-hydrogen) atoms. The third-order valence-corrected chi connectivity index (χ3v) is 5.14. The van der Waals surface area contributed by atoms with Gasteiger partial charge in [-0.05, 0) is 31.7 Å². The van der Waals surface area contributed by atoms with Crippen LogP contribution < -0.4 is 10.6 Å². The van der Waals surface area contributed by atoms with Crippen molar-refractivity contribution in [2.45, 2.75) is 44.7 Å². The summed E-state index contributed by atoms with van der Waals surface area (Å²) >= 11 is 0. The maximum absolute atomic E-state index is 12.3. The molecule has 10 heteroatoms. The van der Waals surface area contributed by atoms with Gasteiger partial charge in [0.25, 0.3) is 0 Å². The lowest BCUT2D eigenvalue weighted by atomic mass is 9.70. The summed E-state index contributed by atoms with van der Waals surface area (Å²) in [5.41, 5.74) is 0.849. The van der Waals surface area contributed by atoms with Crippen LogP contribution in [0.15, 0.2) is 24.7 Å². The predicted molar refractivity (Wildman–Crippen MR) is 96.9 cm³/mol. The first kappa shape index (κ1) is 20.1. The van der Waals surface area contributed by atoms with Gasteiger partial charge in [-0.15, -0.1) is 0 Å². The minimum Gasteiger partial charge on any atom is -0.347 e. The summed E-state index contributed by atoms with van der Waals surface area (Å²) in [7, 11) is 1.81. The number of alkyl halides is 3. The molecule has 0 unspecified atom stereocenters. The van der Waals surface area contributed by atoms with Crippen molar-refractivity contribution in [3.05, 3.63) is 30.4 Å². The van der Waals surface area contributed by atoms with E-state index < -0.39 is 24.0 Å². The molecule has 1 aliphatic rings. The van der Waals surface area contributed by atoms with E-state index in [1.165, 1.54) is 0 Å². The van der Waals surface area contributed by atoms with Crippen molar-refractivity contribution < 1.29 is 18.0 Å². The molecule has 0 aromatic carbocycles. The molecule has 7 nitrogen and oxygen atoms in total. The molecule has 2 N–H and O–H groups in total. The molecule has 2 heterocycles. The van der Waals surface area contributed by atoms with E-state index in [2.05, 4.69) is 20.4 Å². The van der Waals surface area contributed by atoms with Crippen molar-refractivity contribution in [3.63, 3.8) is 0 Å². The van der Waals surface area contributed by atoms with Crippen LogP contribution in [0, 0.1) is 5.41 Å². The van der Waals surface area contributed by atoms with Crippen molar-refractivity contribution in [2.24, 2.45) is 12.5 Å². The Kier molecular flexibility index (Phi) is 5.57. The third kappa shape index (κ3) is 4.99. The van der Waals surface area contributed by atoms with Gasteiger partial charge in [0.05, 0.1) is 11.9 Å². The number of carbonyl (C=O) groups excluding carboxylic acids is 1. The summed E-state index contributed by atoms with van der Waals surface area (Å²) in [5, 5.41) is 9.19. The van der Waals surface area contributed by atoms with E-state index in [4.69, 9.17) is 0 Å². The lowest BCUT2D eigenvalue weighted by Gasteiger charge is -2.36. The summed E-state index contributed by atoms with van der Waals surface area (Å²) in [6.45, 7) is 0.435. The fourth-order valence-electron chi connectivity index (χ4n) is 3.45. The summed E-state index contributed by atoms with van der Waals surface area (Å²) in [6.07, 6.45) is 3.13. The lowest BCUT2D eigenvalue weighted by Crippen LogP contribution is -2.44. The number of nitrogens with one attached hydrogen (secondary N) is 2. The number of carbonyl (C=O) groups is 1. The van der Waals surface area contributed by atoms with Crippen molar-refractivity contribution in [1.29, 1.82) is 0 Å². The lowest BCUT2D eigenvalue weighted by molar-refractivity contribution is -0.145. The average molecular weight is 396 g/mol. The highest BCUT2D eigenvalue weighted by Crippen LogP contribution is 2.42. The van der Waals surface area contributed by atoms with E-state index in [1.807, 2.05) is 24.6 Å². The Hall–Kier alpha value is -2.65.